The zero-order valence-electron chi connectivity index (χ0n) is 10.9. The second-order valence-electron chi connectivity index (χ2n) is 4.60. The molecule has 0 fully saturated rings. The van der Waals surface area contributed by atoms with E-state index in [9.17, 15) is 15.2 Å². The van der Waals surface area contributed by atoms with E-state index in [2.05, 4.69) is 15.1 Å². The molecule has 1 aromatic rings. The van der Waals surface area contributed by atoms with Gasteiger partial charge in [0, 0.05) is 12.0 Å². The van der Waals surface area contributed by atoms with Crippen molar-refractivity contribution >= 4 is 11.3 Å². The zero-order valence-corrected chi connectivity index (χ0v) is 10.9. The van der Waals surface area contributed by atoms with Crippen molar-refractivity contribution in [1.29, 1.82) is 0 Å². The third kappa shape index (κ3) is 2.63. The summed E-state index contributed by atoms with van der Waals surface area (Å²) in [5.74, 6) is 0. The van der Waals surface area contributed by atoms with Crippen molar-refractivity contribution in [1.82, 2.24) is 9.78 Å². The van der Waals surface area contributed by atoms with Gasteiger partial charge in [-0.2, -0.15) is 5.10 Å². The van der Waals surface area contributed by atoms with Gasteiger partial charge in [-0.15, -0.1) is 0 Å². The summed E-state index contributed by atoms with van der Waals surface area (Å²) in [6.07, 6.45) is 3.42. The Labute approximate surface area is 114 Å². The van der Waals surface area contributed by atoms with Crippen LogP contribution < -0.4 is 0 Å². The van der Waals surface area contributed by atoms with Crippen LogP contribution in [0.3, 0.4) is 0 Å². The van der Waals surface area contributed by atoms with Crippen molar-refractivity contribution in [2.45, 2.75) is 31.4 Å². The minimum atomic E-state index is -0.768. The molecule has 0 radical (unpaired) electrons. The molecule has 1 aromatic heterocycles. The van der Waals surface area contributed by atoms with Gasteiger partial charge in [-0.3, -0.25) is 14.8 Å². The summed E-state index contributed by atoms with van der Waals surface area (Å²) in [4.78, 5) is 13.2. The molecule has 0 spiro atoms. The minimum Gasteiger partial charge on any atom is -0.392 e. The summed E-state index contributed by atoms with van der Waals surface area (Å²) in [7, 11) is 1.63. The first-order valence-electron chi connectivity index (χ1n) is 6.12. The quantitative estimate of drug-likeness (QED) is 0.297. The second kappa shape index (κ2) is 5.72. The maximum absolute atomic E-state index is 11.0. The Balaban J connectivity index is 2.33. The number of nitrogens with zero attached hydrogens (tertiary/aromatic N) is 6. The number of allylic oxidation sites excluding steroid dienone is 1. The van der Waals surface area contributed by atoms with Crippen LogP contribution in [0.2, 0.25) is 0 Å². The molecule has 1 aliphatic carbocycles. The van der Waals surface area contributed by atoms with Crippen LogP contribution in [0.5, 0.6) is 0 Å². The second-order valence-corrected chi connectivity index (χ2v) is 4.60. The van der Waals surface area contributed by atoms with Gasteiger partial charge >= 0.3 is 5.69 Å². The van der Waals surface area contributed by atoms with Crippen LogP contribution >= 0.6 is 0 Å². The molecule has 2 atom stereocenters. The van der Waals surface area contributed by atoms with Crippen LogP contribution in [0, 0.1) is 10.1 Å². The van der Waals surface area contributed by atoms with Gasteiger partial charge in [0.15, 0.2) is 0 Å². The van der Waals surface area contributed by atoms with E-state index in [0.717, 1.165) is 5.57 Å². The lowest BCUT2D eigenvalue weighted by atomic mass is 10.0. The Morgan fingerprint density at radius 2 is 2.45 bits per heavy atom. The maximum atomic E-state index is 11.0. The van der Waals surface area contributed by atoms with Gasteiger partial charge in [-0.25, -0.2) is 0 Å². The van der Waals surface area contributed by atoms with E-state index in [1.165, 1.54) is 10.9 Å². The number of azide groups is 1. The van der Waals surface area contributed by atoms with Crippen molar-refractivity contribution in [2.24, 2.45) is 12.2 Å². The molecule has 0 amide bonds. The molecule has 1 heterocycles. The molecule has 0 saturated heterocycles. The van der Waals surface area contributed by atoms with E-state index < -0.39 is 17.1 Å². The lowest BCUT2D eigenvalue weighted by molar-refractivity contribution is -0.385. The highest BCUT2D eigenvalue weighted by molar-refractivity contribution is 5.70. The van der Waals surface area contributed by atoms with E-state index in [4.69, 9.17) is 5.53 Å². The Morgan fingerprint density at radius 1 is 1.70 bits per heavy atom. The van der Waals surface area contributed by atoms with Crippen molar-refractivity contribution in [3.05, 3.63) is 38.5 Å². The molecule has 1 N–H and O–H groups in total. The highest BCUT2D eigenvalue weighted by atomic mass is 16.6. The number of aryl methyl sites for hydroxylation is 1. The van der Waals surface area contributed by atoms with Gasteiger partial charge in [-0.1, -0.05) is 11.2 Å². The van der Waals surface area contributed by atoms with Crippen LogP contribution in [-0.4, -0.2) is 32.0 Å². The third-order valence-electron chi connectivity index (χ3n) is 3.38. The first kappa shape index (κ1) is 14.0. The van der Waals surface area contributed by atoms with Gasteiger partial charge in [0.25, 0.3) is 0 Å². The monoisotopic (exact) mass is 278 g/mol. The summed E-state index contributed by atoms with van der Waals surface area (Å²) in [6, 6.07) is -0.513. The number of aliphatic hydroxyl groups excluding tert-OH is 1. The normalized spacial score (nSPS) is 22.6. The minimum absolute atomic E-state index is 0.0597. The van der Waals surface area contributed by atoms with Crippen LogP contribution in [-0.2, 0) is 7.05 Å². The topological polar surface area (TPSA) is 130 Å². The molecule has 1 aliphatic rings. The number of nitro groups is 1. The zero-order chi connectivity index (χ0) is 14.7. The lowest BCUT2D eigenvalue weighted by Crippen LogP contribution is -2.21. The standard InChI is InChI=1S/C11H14N6O3/c1-16-11(9(6-13-16)17(19)20)7-2-4-8(14-15-12)10(18)5-3-7/h3,6,8,10,18H,2,4-5H2,1H3/t8-,10-/m1/s1. The van der Waals surface area contributed by atoms with Crippen molar-refractivity contribution in [3.63, 3.8) is 0 Å². The Hall–Kier alpha value is -2.38. The molecule has 0 aromatic carbocycles. The summed E-state index contributed by atoms with van der Waals surface area (Å²) in [5.41, 5.74) is 9.58. The molecule has 9 nitrogen and oxygen atoms in total. The first-order valence-corrected chi connectivity index (χ1v) is 6.12. The molecular weight excluding hydrogens is 264 g/mol. The SMILES string of the molecule is Cn1ncc([N+](=O)[O-])c1C1=CC[C@@H](O)[C@H](N=[N+]=[N-])CC1. The summed E-state index contributed by atoms with van der Waals surface area (Å²) in [6.45, 7) is 0. The molecule has 106 valence electrons. The van der Waals surface area contributed by atoms with Gasteiger partial charge in [0.2, 0.25) is 0 Å². The average molecular weight is 278 g/mol. The van der Waals surface area contributed by atoms with E-state index in [0.29, 0.717) is 25.0 Å². The molecule has 0 unspecified atom stereocenters. The predicted molar refractivity (Wildman–Crippen MR) is 70.6 cm³/mol. The largest absolute Gasteiger partial charge is 0.392 e. The molecule has 2 rings (SSSR count). The van der Waals surface area contributed by atoms with E-state index >= 15 is 0 Å². The van der Waals surface area contributed by atoms with Gasteiger partial charge < -0.3 is 5.11 Å². The fourth-order valence-electron chi connectivity index (χ4n) is 2.37. The van der Waals surface area contributed by atoms with Gasteiger partial charge in [-0.05, 0) is 30.4 Å². The van der Waals surface area contributed by atoms with Crippen molar-refractivity contribution in [3.8, 4) is 0 Å². The van der Waals surface area contributed by atoms with Crippen LogP contribution in [0.1, 0.15) is 25.0 Å². The number of hydrogen-bond donors (Lipinski definition) is 1. The van der Waals surface area contributed by atoms with E-state index in [1.54, 1.807) is 13.1 Å². The number of rotatable bonds is 3. The molecule has 0 saturated carbocycles. The molecular formula is C11H14N6O3. The third-order valence-corrected chi connectivity index (χ3v) is 3.38. The Kier molecular flexibility index (Phi) is 4.02. The van der Waals surface area contributed by atoms with Gasteiger partial charge in [0.1, 0.15) is 11.9 Å². The number of hydrogen-bond acceptors (Lipinski definition) is 5. The Morgan fingerprint density at radius 3 is 3.10 bits per heavy atom. The first-order chi connectivity index (χ1) is 9.54. The molecule has 0 bridgehead atoms. The summed E-state index contributed by atoms with van der Waals surface area (Å²) < 4.78 is 1.45. The fraction of sp³-hybridized carbons (Fsp3) is 0.545. The van der Waals surface area contributed by atoms with E-state index in [1.807, 2.05) is 0 Å². The molecule has 9 heteroatoms. The highest BCUT2D eigenvalue weighted by Gasteiger charge is 2.27. The molecule has 20 heavy (non-hydrogen) atoms. The predicted octanol–water partition coefficient (Wildman–Crippen LogP) is 1.94. The fourth-order valence-corrected chi connectivity index (χ4v) is 2.37. The average Bonchev–Trinajstić information content (AvgIpc) is 2.70. The smallest absolute Gasteiger partial charge is 0.314 e. The van der Waals surface area contributed by atoms with E-state index in [-0.39, 0.29) is 5.69 Å². The Bertz CT molecular complexity index is 601. The summed E-state index contributed by atoms with van der Waals surface area (Å²) in [5, 5.41) is 28.4. The molecule has 0 aliphatic heterocycles. The highest BCUT2D eigenvalue weighted by Crippen LogP contribution is 2.32. The number of aromatic nitrogens is 2. The number of aliphatic hydroxyl groups is 1. The van der Waals surface area contributed by atoms with Crippen molar-refractivity contribution in [2.75, 3.05) is 0 Å². The van der Waals surface area contributed by atoms with Crippen molar-refractivity contribution < 1.29 is 10.0 Å². The van der Waals surface area contributed by atoms with Crippen LogP contribution in [0.4, 0.5) is 5.69 Å². The van der Waals surface area contributed by atoms with Crippen LogP contribution in [0.25, 0.3) is 16.0 Å². The maximum Gasteiger partial charge on any atom is 0.314 e. The van der Waals surface area contributed by atoms with Gasteiger partial charge in [0.05, 0.1) is 17.1 Å². The lowest BCUT2D eigenvalue weighted by Gasteiger charge is -2.13. The van der Waals surface area contributed by atoms with Crippen LogP contribution in [0.15, 0.2) is 17.4 Å². The summed E-state index contributed by atoms with van der Waals surface area (Å²) >= 11 is 0.